The van der Waals surface area contributed by atoms with Crippen LogP contribution in [0.2, 0.25) is 0 Å². The van der Waals surface area contributed by atoms with Crippen molar-refractivity contribution < 1.29 is 14.6 Å². The van der Waals surface area contributed by atoms with E-state index < -0.39 is 6.10 Å². The first-order valence-electron chi connectivity index (χ1n) is 6.23. The van der Waals surface area contributed by atoms with Gasteiger partial charge in [-0.3, -0.25) is 0 Å². The number of thioether (sulfide) groups is 1. The van der Waals surface area contributed by atoms with Crippen molar-refractivity contribution in [2.75, 3.05) is 20.5 Å². The zero-order valence-corrected chi connectivity index (χ0v) is 12.6. The van der Waals surface area contributed by atoms with Crippen LogP contribution in [0.4, 0.5) is 0 Å². The summed E-state index contributed by atoms with van der Waals surface area (Å²) in [7, 11) is 3.20. The summed E-state index contributed by atoms with van der Waals surface area (Å²) in [4.78, 5) is 1.06. The molecule has 0 aromatic heterocycles. The van der Waals surface area contributed by atoms with Crippen molar-refractivity contribution in [2.45, 2.75) is 11.0 Å². The molecular formula is C16H18O3S. The van der Waals surface area contributed by atoms with E-state index >= 15 is 0 Å². The van der Waals surface area contributed by atoms with Gasteiger partial charge in [0, 0.05) is 11.0 Å². The summed E-state index contributed by atoms with van der Waals surface area (Å²) < 4.78 is 10.5. The Morgan fingerprint density at radius 2 is 1.60 bits per heavy atom. The molecule has 0 spiro atoms. The fourth-order valence-corrected chi connectivity index (χ4v) is 2.69. The number of hydrogen-bond donors (Lipinski definition) is 1. The van der Waals surface area contributed by atoms with Crippen LogP contribution in [-0.2, 0) is 0 Å². The van der Waals surface area contributed by atoms with E-state index in [2.05, 4.69) is 0 Å². The molecule has 0 heterocycles. The first-order valence-corrected chi connectivity index (χ1v) is 7.46. The molecule has 0 aliphatic carbocycles. The lowest BCUT2D eigenvalue weighted by atomic mass is 10.0. The lowest BCUT2D eigenvalue weighted by Gasteiger charge is -2.16. The quantitative estimate of drug-likeness (QED) is 0.855. The third kappa shape index (κ3) is 3.08. The van der Waals surface area contributed by atoms with Crippen molar-refractivity contribution in [3.63, 3.8) is 0 Å². The van der Waals surface area contributed by atoms with Crippen LogP contribution >= 0.6 is 11.8 Å². The second kappa shape index (κ2) is 6.68. The van der Waals surface area contributed by atoms with E-state index in [-0.39, 0.29) is 0 Å². The molecule has 0 saturated carbocycles. The number of methoxy groups -OCH3 is 2. The van der Waals surface area contributed by atoms with E-state index in [0.29, 0.717) is 11.5 Å². The third-order valence-corrected chi connectivity index (χ3v) is 3.93. The molecule has 106 valence electrons. The summed E-state index contributed by atoms with van der Waals surface area (Å²) in [5.74, 6) is 1.33. The number of rotatable bonds is 5. The van der Waals surface area contributed by atoms with E-state index in [0.717, 1.165) is 16.0 Å². The standard InChI is InChI=1S/C16H18O3S/c1-18-12-8-11(9-13(10-12)19-2)16(17)14-6-4-5-7-15(14)20-3/h4-10,16-17H,1-3H3. The Hall–Kier alpha value is -1.65. The van der Waals surface area contributed by atoms with Gasteiger partial charge in [-0.05, 0) is 35.6 Å². The van der Waals surface area contributed by atoms with Crippen molar-refractivity contribution in [2.24, 2.45) is 0 Å². The number of aliphatic hydroxyl groups is 1. The average molecular weight is 290 g/mol. The van der Waals surface area contributed by atoms with Crippen molar-refractivity contribution in [3.8, 4) is 11.5 Å². The predicted molar refractivity (Wildman–Crippen MR) is 81.8 cm³/mol. The Labute approximate surface area is 123 Å². The van der Waals surface area contributed by atoms with Gasteiger partial charge in [-0.1, -0.05) is 18.2 Å². The maximum absolute atomic E-state index is 10.6. The molecule has 2 aromatic rings. The Morgan fingerprint density at radius 1 is 1.00 bits per heavy atom. The Balaban J connectivity index is 2.44. The Morgan fingerprint density at radius 3 is 2.15 bits per heavy atom. The minimum Gasteiger partial charge on any atom is -0.497 e. The third-order valence-electron chi connectivity index (χ3n) is 3.12. The maximum Gasteiger partial charge on any atom is 0.122 e. The van der Waals surface area contributed by atoms with E-state index in [1.165, 1.54) is 0 Å². The smallest absolute Gasteiger partial charge is 0.122 e. The van der Waals surface area contributed by atoms with Gasteiger partial charge < -0.3 is 14.6 Å². The molecule has 0 aliphatic rings. The molecule has 1 atom stereocenters. The monoisotopic (exact) mass is 290 g/mol. The molecule has 3 nitrogen and oxygen atoms in total. The molecule has 0 fully saturated rings. The van der Waals surface area contributed by atoms with Gasteiger partial charge in [0.2, 0.25) is 0 Å². The highest BCUT2D eigenvalue weighted by Gasteiger charge is 2.16. The summed E-state index contributed by atoms with van der Waals surface area (Å²) in [6.07, 6.45) is 1.29. The molecule has 2 aromatic carbocycles. The molecular weight excluding hydrogens is 272 g/mol. The summed E-state index contributed by atoms with van der Waals surface area (Å²) in [6.45, 7) is 0. The van der Waals surface area contributed by atoms with E-state index in [4.69, 9.17) is 9.47 Å². The van der Waals surface area contributed by atoms with Crippen LogP contribution < -0.4 is 9.47 Å². The predicted octanol–water partition coefficient (Wildman–Crippen LogP) is 3.51. The topological polar surface area (TPSA) is 38.7 Å². The normalized spacial score (nSPS) is 12.0. The van der Waals surface area contributed by atoms with Crippen molar-refractivity contribution in [1.82, 2.24) is 0 Å². The highest BCUT2D eigenvalue weighted by atomic mass is 32.2. The van der Waals surface area contributed by atoms with Crippen molar-refractivity contribution in [3.05, 3.63) is 53.6 Å². The van der Waals surface area contributed by atoms with Crippen LogP contribution in [0.3, 0.4) is 0 Å². The largest absolute Gasteiger partial charge is 0.497 e. The van der Waals surface area contributed by atoms with Crippen LogP contribution in [0.15, 0.2) is 47.4 Å². The highest BCUT2D eigenvalue weighted by molar-refractivity contribution is 7.98. The first kappa shape index (κ1) is 14.8. The SMILES string of the molecule is COc1cc(OC)cc(C(O)c2ccccc2SC)c1. The second-order valence-electron chi connectivity index (χ2n) is 4.29. The van der Waals surface area contributed by atoms with Gasteiger partial charge in [0.25, 0.3) is 0 Å². The summed E-state index contributed by atoms with van der Waals surface area (Å²) in [6, 6.07) is 13.3. The molecule has 1 unspecified atom stereocenters. The molecule has 0 saturated heterocycles. The fourth-order valence-electron chi connectivity index (χ4n) is 2.06. The van der Waals surface area contributed by atoms with Gasteiger partial charge in [-0.25, -0.2) is 0 Å². The molecule has 0 radical (unpaired) electrons. The molecule has 4 heteroatoms. The molecule has 20 heavy (non-hydrogen) atoms. The summed E-state index contributed by atoms with van der Waals surface area (Å²) >= 11 is 1.62. The van der Waals surface area contributed by atoms with E-state index in [1.54, 1.807) is 32.0 Å². The van der Waals surface area contributed by atoms with Gasteiger partial charge in [0.1, 0.15) is 17.6 Å². The lowest BCUT2D eigenvalue weighted by Crippen LogP contribution is -2.02. The zero-order chi connectivity index (χ0) is 14.5. The summed E-state index contributed by atoms with van der Waals surface area (Å²) in [5.41, 5.74) is 1.64. The number of hydrogen-bond acceptors (Lipinski definition) is 4. The van der Waals surface area contributed by atoms with Crippen LogP contribution in [0.1, 0.15) is 17.2 Å². The number of benzene rings is 2. The summed E-state index contributed by atoms with van der Waals surface area (Å²) in [5, 5.41) is 10.6. The molecule has 0 aliphatic heterocycles. The fraction of sp³-hybridized carbons (Fsp3) is 0.250. The van der Waals surface area contributed by atoms with Crippen LogP contribution in [0.25, 0.3) is 0 Å². The minimum absolute atomic E-state index is 0.667. The van der Waals surface area contributed by atoms with Gasteiger partial charge in [0.15, 0.2) is 0 Å². The zero-order valence-electron chi connectivity index (χ0n) is 11.8. The van der Waals surface area contributed by atoms with Crippen molar-refractivity contribution >= 4 is 11.8 Å². The molecule has 2 rings (SSSR count). The first-order chi connectivity index (χ1) is 9.69. The maximum atomic E-state index is 10.6. The van der Waals surface area contributed by atoms with Gasteiger partial charge in [-0.15, -0.1) is 11.8 Å². The average Bonchev–Trinajstić information content (AvgIpc) is 2.53. The lowest BCUT2D eigenvalue weighted by molar-refractivity contribution is 0.216. The number of ether oxygens (including phenoxy) is 2. The molecule has 1 N–H and O–H groups in total. The minimum atomic E-state index is -0.706. The highest BCUT2D eigenvalue weighted by Crippen LogP contribution is 2.33. The van der Waals surface area contributed by atoms with Crippen LogP contribution in [0, 0.1) is 0 Å². The Kier molecular flexibility index (Phi) is 4.93. The number of aliphatic hydroxyl groups excluding tert-OH is 1. The van der Waals surface area contributed by atoms with Gasteiger partial charge in [0.05, 0.1) is 14.2 Å². The molecule has 0 bridgehead atoms. The van der Waals surface area contributed by atoms with Gasteiger partial charge >= 0.3 is 0 Å². The van der Waals surface area contributed by atoms with Crippen molar-refractivity contribution in [1.29, 1.82) is 0 Å². The molecule has 0 amide bonds. The second-order valence-corrected chi connectivity index (χ2v) is 5.14. The van der Waals surface area contributed by atoms with Gasteiger partial charge in [-0.2, -0.15) is 0 Å². The van der Waals surface area contributed by atoms with Crippen LogP contribution in [0.5, 0.6) is 11.5 Å². The van der Waals surface area contributed by atoms with E-state index in [9.17, 15) is 5.11 Å². The Bertz CT molecular complexity index is 561. The van der Waals surface area contributed by atoms with E-state index in [1.807, 2.05) is 42.7 Å². The van der Waals surface area contributed by atoms with Crippen LogP contribution in [-0.4, -0.2) is 25.6 Å².